The Balaban J connectivity index is 0.000000288. The van der Waals surface area contributed by atoms with E-state index in [0.29, 0.717) is 37.0 Å². The second-order valence-corrected chi connectivity index (χ2v) is 7.72. The molecule has 40 heavy (non-hydrogen) atoms. The molecule has 0 aliphatic heterocycles. The Labute approximate surface area is 232 Å². The first-order valence-corrected chi connectivity index (χ1v) is 12.3. The summed E-state index contributed by atoms with van der Waals surface area (Å²) in [6, 6.07) is 20.4. The highest BCUT2D eigenvalue weighted by Crippen LogP contribution is 2.28. The Bertz CT molecular complexity index is 1280. The number of aromatic nitrogens is 2. The number of aliphatic imine (C=N–C) groups is 1. The molecule has 4 rings (SSSR count). The van der Waals surface area contributed by atoms with Crippen LogP contribution in [0.3, 0.4) is 0 Å². The van der Waals surface area contributed by atoms with Gasteiger partial charge in [0.05, 0.1) is 50.1 Å². The van der Waals surface area contributed by atoms with E-state index >= 15 is 0 Å². The Kier molecular flexibility index (Phi) is 17.1. The third-order valence-electron chi connectivity index (χ3n) is 4.82. The number of benzene rings is 3. The Morgan fingerprint density at radius 3 is 1.80 bits per heavy atom. The minimum absolute atomic E-state index is 0.0318. The maximum atomic E-state index is 10.1. The van der Waals surface area contributed by atoms with E-state index in [1.54, 1.807) is 71.8 Å². The van der Waals surface area contributed by atoms with E-state index in [1.807, 2.05) is 18.2 Å². The molecule has 1 aromatic heterocycles. The normalized spacial score (nSPS) is 9.90. The first-order valence-electron chi connectivity index (χ1n) is 12.3. The number of aliphatic hydroxyl groups excluding tert-OH is 3. The van der Waals surface area contributed by atoms with Crippen molar-refractivity contribution in [2.75, 3.05) is 32.9 Å². The molecule has 0 saturated heterocycles. The van der Waals surface area contributed by atoms with E-state index in [9.17, 15) is 15.0 Å². The minimum atomic E-state index is 0.0318. The van der Waals surface area contributed by atoms with Crippen LogP contribution in [-0.4, -0.2) is 85.6 Å². The van der Waals surface area contributed by atoms with Crippen LogP contribution >= 0.6 is 0 Å². The summed E-state index contributed by atoms with van der Waals surface area (Å²) in [6.45, 7) is 1.40. The van der Waals surface area contributed by atoms with Crippen molar-refractivity contribution in [2.24, 2.45) is 10.7 Å². The molecule has 3 aromatic carbocycles. The fourth-order valence-electron chi connectivity index (χ4n) is 2.93. The zero-order valence-corrected chi connectivity index (χ0v) is 22.0. The van der Waals surface area contributed by atoms with E-state index in [1.165, 1.54) is 6.07 Å². The third kappa shape index (κ3) is 12.3. The summed E-state index contributed by atoms with van der Waals surface area (Å²) < 4.78 is 1.80. The quantitative estimate of drug-likeness (QED) is 0.127. The molecule has 4 aromatic rings. The van der Waals surface area contributed by atoms with Crippen LogP contribution < -0.4 is 5.73 Å². The lowest BCUT2D eigenvalue weighted by molar-refractivity contribution is 0.112. The van der Waals surface area contributed by atoms with Gasteiger partial charge in [-0.05, 0) is 36.4 Å². The number of phenols is 3. The lowest BCUT2D eigenvalue weighted by Crippen LogP contribution is -2.02. The molecule has 0 amide bonds. The summed E-state index contributed by atoms with van der Waals surface area (Å²) in [6.07, 6.45) is 5.48. The van der Waals surface area contributed by atoms with E-state index in [4.69, 9.17) is 26.2 Å². The molecule has 0 saturated carbocycles. The van der Waals surface area contributed by atoms with Crippen LogP contribution in [0.25, 0.3) is 11.3 Å². The van der Waals surface area contributed by atoms with Crippen molar-refractivity contribution >= 4 is 12.5 Å². The average molecular weight is 553 g/mol. The molecule has 11 heteroatoms. The molecule has 0 unspecified atom stereocenters. The summed E-state index contributed by atoms with van der Waals surface area (Å²) in [5.74, 6) is 0.462. The molecule has 0 fully saturated rings. The lowest BCUT2D eigenvalue weighted by atomic mass is 10.1. The third-order valence-corrected chi connectivity index (χ3v) is 4.82. The van der Waals surface area contributed by atoms with Crippen molar-refractivity contribution in [3.05, 3.63) is 96.4 Å². The molecule has 214 valence electrons. The first-order chi connectivity index (χ1) is 19.4. The fourth-order valence-corrected chi connectivity index (χ4v) is 2.93. The van der Waals surface area contributed by atoms with Crippen LogP contribution in [0, 0.1) is 0 Å². The molecule has 1 heterocycles. The molecule has 0 atom stereocenters. The Morgan fingerprint density at radius 1 is 0.775 bits per heavy atom. The van der Waals surface area contributed by atoms with Gasteiger partial charge in [0.1, 0.15) is 17.2 Å². The predicted octanol–water partition coefficient (Wildman–Crippen LogP) is 2.19. The van der Waals surface area contributed by atoms with Crippen LogP contribution in [0.1, 0.15) is 15.9 Å². The van der Waals surface area contributed by atoms with E-state index in [0.717, 1.165) is 11.3 Å². The van der Waals surface area contributed by atoms with Crippen LogP contribution in [0.4, 0.5) is 0 Å². The second kappa shape index (κ2) is 20.4. The average Bonchev–Trinajstić information content (AvgIpc) is 3.44. The van der Waals surface area contributed by atoms with Gasteiger partial charge >= 0.3 is 0 Å². The zero-order chi connectivity index (χ0) is 29.6. The van der Waals surface area contributed by atoms with Crippen molar-refractivity contribution < 1.29 is 35.4 Å². The number of carbonyl (C=O) groups excluding carboxylic acids is 1. The molecule has 0 aliphatic rings. The molecular formula is C29H36N4O7. The van der Waals surface area contributed by atoms with Gasteiger partial charge in [-0.1, -0.05) is 36.4 Å². The van der Waals surface area contributed by atoms with Crippen LogP contribution in [-0.2, 0) is 6.54 Å². The van der Waals surface area contributed by atoms with Crippen LogP contribution in [0.2, 0.25) is 0 Å². The number of carbonyl (C=O) groups is 1. The first kappa shape index (κ1) is 33.5. The summed E-state index contributed by atoms with van der Waals surface area (Å²) in [7, 11) is 0. The molecule has 11 nitrogen and oxygen atoms in total. The van der Waals surface area contributed by atoms with E-state index in [2.05, 4.69) is 9.98 Å². The van der Waals surface area contributed by atoms with Crippen molar-refractivity contribution in [2.45, 2.75) is 6.54 Å². The van der Waals surface area contributed by atoms with Gasteiger partial charge in [-0.3, -0.25) is 9.79 Å². The lowest BCUT2D eigenvalue weighted by Gasteiger charge is -2.07. The molecule has 0 spiro atoms. The molecule has 8 N–H and O–H groups in total. The van der Waals surface area contributed by atoms with Gasteiger partial charge in [0.15, 0.2) is 6.29 Å². The van der Waals surface area contributed by atoms with Gasteiger partial charge in [-0.15, -0.1) is 0 Å². The van der Waals surface area contributed by atoms with Crippen molar-refractivity contribution in [3.63, 3.8) is 0 Å². The number of nitrogens with zero attached hydrogens (tertiary/aromatic N) is 3. The number of aldehydes is 1. The standard InChI is InChI=1S/C11H12N2O2.C9H11NO2.C7H6O2.C2H7NO/c14-6-5-13-8-12-7-10(13)9-3-1-2-4-11(9)15;11-6-5-10-7-8-3-1-2-4-9(8)12;8-5-6-3-1-2-4-7(6)9;3-1-2-4/h1-4,7-8,14-15H,5-6H2;1-4,7,11-12H,5-6H2;1-5,9H;4H,1-3H2. The zero-order valence-electron chi connectivity index (χ0n) is 22.0. The van der Waals surface area contributed by atoms with Gasteiger partial charge in [-0.2, -0.15) is 0 Å². The number of aliphatic hydroxyl groups is 3. The SMILES string of the molecule is NCCO.O=Cc1ccccc1O.OCCN=Cc1ccccc1O.OCCn1cncc1-c1ccccc1O. The molecule has 0 bridgehead atoms. The van der Waals surface area contributed by atoms with Gasteiger partial charge in [-0.25, -0.2) is 4.98 Å². The number of nitrogens with two attached hydrogens (primary N) is 1. The highest BCUT2D eigenvalue weighted by molar-refractivity contribution is 5.83. The maximum Gasteiger partial charge on any atom is 0.153 e. The van der Waals surface area contributed by atoms with Crippen molar-refractivity contribution in [3.8, 4) is 28.5 Å². The molecule has 0 aliphatic carbocycles. The van der Waals surface area contributed by atoms with Crippen LogP contribution in [0.5, 0.6) is 17.2 Å². The summed E-state index contributed by atoms with van der Waals surface area (Å²) >= 11 is 0. The highest BCUT2D eigenvalue weighted by atomic mass is 16.3. The number of imidazole rings is 1. The second-order valence-electron chi connectivity index (χ2n) is 7.72. The monoisotopic (exact) mass is 552 g/mol. The minimum Gasteiger partial charge on any atom is -0.507 e. The number of phenolic OH excluding ortho intramolecular Hbond substituents is 3. The van der Waals surface area contributed by atoms with Crippen LogP contribution in [0.15, 0.2) is 90.3 Å². The topological polar surface area (TPSA) is 195 Å². The predicted molar refractivity (Wildman–Crippen MR) is 154 cm³/mol. The van der Waals surface area contributed by atoms with Crippen molar-refractivity contribution in [1.82, 2.24) is 9.55 Å². The molecule has 0 radical (unpaired) electrons. The van der Waals surface area contributed by atoms with Gasteiger partial charge < -0.3 is 40.9 Å². The highest BCUT2D eigenvalue weighted by Gasteiger charge is 2.08. The Morgan fingerprint density at radius 2 is 1.32 bits per heavy atom. The maximum absolute atomic E-state index is 10.1. The Hall–Kier alpha value is -4.55. The molecular weight excluding hydrogens is 516 g/mol. The summed E-state index contributed by atoms with van der Waals surface area (Å²) in [5.41, 5.74) is 7.31. The summed E-state index contributed by atoms with van der Waals surface area (Å²) in [5, 5.41) is 52.9. The van der Waals surface area contributed by atoms with E-state index < -0.39 is 0 Å². The van der Waals surface area contributed by atoms with Gasteiger partial charge in [0.2, 0.25) is 0 Å². The van der Waals surface area contributed by atoms with Crippen molar-refractivity contribution in [1.29, 1.82) is 0 Å². The van der Waals surface area contributed by atoms with Gasteiger partial charge in [0, 0.05) is 30.4 Å². The van der Waals surface area contributed by atoms with Gasteiger partial charge in [0.25, 0.3) is 0 Å². The number of hydrogen-bond donors (Lipinski definition) is 7. The fraction of sp³-hybridized carbons (Fsp3) is 0.207. The number of hydrogen-bond acceptors (Lipinski definition) is 10. The summed E-state index contributed by atoms with van der Waals surface area (Å²) in [4.78, 5) is 18.0. The number of para-hydroxylation sites is 3. The van der Waals surface area contributed by atoms with E-state index in [-0.39, 0.29) is 37.1 Å². The number of rotatable bonds is 8. The smallest absolute Gasteiger partial charge is 0.153 e. The largest absolute Gasteiger partial charge is 0.507 e. The number of aromatic hydroxyl groups is 3.